The Morgan fingerprint density at radius 2 is 1.97 bits per heavy atom. The van der Waals surface area contributed by atoms with E-state index in [0.29, 0.717) is 32.0 Å². The van der Waals surface area contributed by atoms with Crippen molar-refractivity contribution < 1.29 is 18.4 Å². The number of nitrogens with zero attached hydrogens (tertiary/aromatic N) is 2. The van der Waals surface area contributed by atoms with Gasteiger partial charge in [0, 0.05) is 22.5 Å². The number of hydrogen-bond acceptors (Lipinski definition) is 6. The number of thiazole rings is 1. The van der Waals surface area contributed by atoms with Crippen LogP contribution in [0.1, 0.15) is 17.4 Å². The van der Waals surface area contributed by atoms with Gasteiger partial charge in [-0.1, -0.05) is 0 Å². The third kappa shape index (κ3) is 4.17. The van der Waals surface area contributed by atoms with E-state index in [0.717, 1.165) is 11.3 Å². The minimum atomic E-state index is -0.422. The zero-order valence-corrected chi connectivity index (χ0v) is 17.2. The lowest BCUT2D eigenvalue weighted by Gasteiger charge is -2.02. The molecule has 0 saturated carbocycles. The minimum absolute atomic E-state index is 0.184. The summed E-state index contributed by atoms with van der Waals surface area (Å²) < 4.78 is 19.9. The van der Waals surface area contributed by atoms with Crippen LogP contribution < -0.4 is 10.6 Å². The Bertz CT molecular complexity index is 1250. The van der Waals surface area contributed by atoms with Gasteiger partial charge in [0.25, 0.3) is 5.91 Å². The number of oxazole rings is 1. The molecule has 2 heterocycles. The van der Waals surface area contributed by atoms with Gasteiger partial charge < -0.3 is 15.1 Å². The third-order valence-corrected chi connectivity index (χ3v) is 5.27. The van der Waals surface area contributed by atoms with Gasteiger partial charge in [0.1, 0.15) is 17.0 Å². The molecular formula is C19H12BrFN4O3S. The van der Waals surface area contributed by atoms with Crippen molar-refractivity contribution in [3.8, 4) is 11.5 Å². The van der Waals surface area contributed by atoms with Crippen LogP contribution in [-0.2, 0) is 4.79 Å². The molecule has 2 N–H and O–H groups in total. The lowest BCUT2D eigenvalue weighted by Crippen LogP contribution is -2.13. The Morgan fingerprint density at radius 3 is 2.76 bits per heavy atom. The standard InChI is InChI=1S/C19H12BrFN4O3S/c1-9(26)22-19-25-15(8-29-19)17(27)23-11-3-5-16-14(7-11)24-18(28-16)12-6-10(21)2-4-13(12)20/h2-8H,1H3,(H,23,27)(H,22,25,26). The predicted molar refractivity (Wildman–Crippen MR) is 111 cm³/mol. The second kappa shape index (κ2) is 7.72. The average molecular weight is 475 g/mol. The summed E-state index contributed by atoms with van der Waals surface area (Å²) in [6, 6.07) is 9.21. The second-order valence-corrected chi connectivity index (χ2v) is 7.71. The monoisotopic (exact) mass is 474 g/mol. The maximum absolute atomic E-state index is 13.6. The topological polar surface area (TPSA) is 97.1 Å². The molecule has 10 heteroatoms. The Hall–Kier alpha value is -3.11. The number of hydrogen-bond donors (Lipinski definition) is 2. The van der Waals surface area contributed by atoms with Crippen molar-refractivity contribution in [2.24, 2.45) is 0 Å². The van der Waals surface area contributed by atoms with Gasteiger partial charge in [0.2, 0.25) is 11.8 Å². The molecule has 146 valence electrons. The first-order valence-electron chi connectivity index (χ1n) is 8.29. The van der Waals surface area contributed by atoms with Crippen molar-refractivity contribution >= 4 is 61.0 Å². The van der Waals surface area contributed by atoms with E-state index < -0.39 is 11.7 Å². The van der Waals surface area contributed by atoms with Crippen LogP contribution in [0.25, 0.3) is 22.6 Å². The molecule has 0 unspecified atom stereocenters. The highest BCUT2D eigenvalue weighted by atomic mass is 79.9. The molecule has 0 aliphatic carbocycles. The van der Waals surface area contributed by atoms with Gasteiger partial charge >= 0.3 is 0 Å². The summed E-state index contributed by atoms with van der Waals surface area (Å²) in [5, 5.41) is 7.16. The highest BCUT2D eigenvalue weighted by Gasteiger charge is 2.15. The zero-order chi connectivity index (χ0) is 20.5. The summed E-state index contributed by atoms with van der Waals surface area (Å²) in [7, 11) is 0. The van der Waals surface area contributed by atoms with E-state index >= 15 is 0 Å². The molecule has 0 radical (unpaired) electrons. The number of nitrogens with one attached hydrogen (secondary N) is 2. The fourth-order valence-electron chi connectivity index (χ4n) is 2.56. The summed E-state index contributed by atoms with van der Waals surface area (Å²) in [5.74, 6) is -0.827. The van der Waals surface area contributed by atoms with E-state index in [1.807, 2.05) is 0 Å². The Kier molecular flexibility index (Phi) is 5.12. The van der Waals surface area contributed by atoms with Gasteiger partial charge in [-0.3, -0.25) is 9.59 Å². The Labute approximate surface area is 176 Å². The average Bonchev–Trinajstić information content (AvgIpc) is 3.29. The van der Waals surface area contributed by atoms with E-state index in [9.17, 15) is 14.0 Å². The lowest BCUT2D eigenvalue weighted by molar-refractivity contribution is -0.114. The predicted octanol–water partition coefficient (Wildman–Crippen LogP) is 5.06. The Morgan fingerprint density at radius 1 is 1.14 bits per heavy atom. The van der Waals surface area contributed by atoms with Crippen molar-refractivity contribution in [2.75, 3.05) is 10.6 Å². The second-order valence-electron chi connectivity index (χ2n) is 6.00. The SMILES string of the molecule is CC(=O)Nc1nc(C(=O)Nc2ccc3oc(-c4cc(F)ccc4Br)nc3c2)cs1. The normalized spacial score (nSPS) is 10.9. The van der Waals surface area contributed by atoms with Crippen LogP contribution in [0.15, 0.2) is 50.7 Å². The molecular weight excluding hydrogens is 463 g/mol. The molecule has 0 atom stereocenters. The number of carbonyl (C=O) groups excluding carboxylic acids is 2. The van der Waals surface area contributed by atoms with Crippen LogP contribution in [0.5, 0.6) is 0 Å². The molecule has 7 nitrogen and oxygen atoms in total. The number of halogens is 2. The van der Waals surface area contributed by atoms with E-state index in [1.165, 1.54) is 19.1 Å². The highest BCUT2D eigenvalue weighted by molar-refractivity contribution is 9.10. The quantitative estimate of drug-likeness (QED) is 0.430. The molecule has 0 fully saturated rings. The minimum Gasteiger partial charge on any atom is -0.436 e. The number of anilines is 2. The van der Waals surface area contributed by atoms with Crippen LogP contribution in [-0.4, -0.2) is 21.8 Å². The fourth-order valence-corrected chi connectivity index (χ4v) is 3.72. The summed E-state index contributed by atoms with van der Waals surface area (Å²) in [6.07, 6.45) is 0. The summed E-state index contributed by atoms with van der Waals surface area (Å²) in [6.45, 7) is 1.37. The van der Waals surface area contributed by atoms with Gasteiger partial charge in [0.15, 0.2) is 10.7 Å². The van der Waals surface area contributed by atoms with Crippen LogP contribution >= 0.6 is 27.3 Å². The van der Waals surface area contributed by atoms with Crippen LogP contribution in [0, 0.1) is 5.82 Å². The number of carbonyl (C=O) groups is 2. The van der Waals surface area contributed by atoms with E-state index in [1.54, 1.807) is 29.6 Å². The molecule has 0 spiro atoms. The number of benzene rings is 2. The maximum atomic E-state index is 13.6. The number of aromatic nitrogens is 2. The van der Waals surface area contributed by atoms with E-state index in [-0.39, 0.29) is 17.5 Å². The number of amides is 2. The molecule has 29 heavy (non-hydrogen) atoms. The van der Waals surface area contributed by atoms with Crippen molar-refractivity contribution in [3.05, 3.63) is 57.8 Å². The molecule has 4 aromatic rings. The first-order chi connectivity index (χ1) is 13.9. The van der Waals surface area contributed by atoms with Crippen LogP contribution in [0.3, 0.4) is 0 Å². The Balaban J connectivity index is 1.57. The van der Waals surface area contributed by atoms with Crippen molar-refractivity contribution in [1.29, 1.82) is 0 Å². The number of rotatable bonds is 4. The van der Waals surface area contributed by atoms with Gasteiger partial charge in [-0.2, -0.15) is 0 Å². The molecule has 2 aromatic heterocycles. The smallest absolute Gasteiger partial charge is 0.275 e. The van der Waals surface area contributed by atoms with Crippen molar-refractivity contribution in [1.82, 2.24) is 9.97 Å². The highest BCUT2D eigenvalue weighted by Crippen LogP contribution is 2.31. The largest absolute Gasteiger partial charge is 0.436 e. The maximum Gasteiger partial charge on any atom is 0.275 e. The molecule has 2 aromatic carbocycles. The first kappa shape index (κ1) is 19.2. The van der Waals surface area contributed by atoms with Gasteiger partial charge in [-0.25, -0.2) is 14.4 Å². The van der Waals surface area contributed by atoms with Crippen molar-refractivity contribution in [2.45, 2.75) is 6.92 Å². The number of fused-ring (bicyclic) bond motifs is 1. The summed E-state index contributed by atoms with van der Waals surface area (Å²) in [4.78, 5) is 31.9. The first-order valence-corrected chi connectivity index (χ1v) is 9.97. The molecule has 2 amide bonds. The van der Waals surface area contributed by atoms with Crippen molar-refractivity contribution in [3.63, 3.8) is 0 Å². The van der Waals surface area contributed by atoms with Gasteiger partial charge in [-0.05, 0) is 52.3 Å². The van der Waals surface area contributed by atoms with Gasteiger partial charge in [0.05, 0.1) is 5.56 Å². The van der Waals surface area contributed by atoms with Crippen LogP contribution in [0.4, 0.5) is 15.2 Å². The third-order valence-electron chi connectivity index (χ3n) is 3.82. The molecule has 4 rings (SSSR count). The summed E-state index contributed by atoms with van der Waals surface area (Å²) >= 11 is 4.51. The molecule has 0 bridgehead atoms. The van der Waals surface area contributed by atoms with Crippen LogP contribution in [0.2, 0.25) is 0 Å². The molecule has 0 aliphatic rings. The zero-order valence-electron chi connectivity index (χ0n) is 14.8. The van der Waals surface area contributed by atoms with Gasteiger partial charge in [-0.15, -0.1) is 11.3 Å². The summed E-state index contributed by atoms with van der Waals surface area (Å²) in [5.41, 5.74) is 2.17. The van der Waals surface area contributed by atoms with E-state index in [4.69, 9.17) is 4.42 Å². The fraction of sp³-hybridized carbons (Fsp3) is 0.0526. The van der Waals surface area contributed by atoms with E-state index in [2.05, 4.69) is 36.5 Å². The lowest BCUT2D eigenvalue weighted by atomic mass is 10.2. The molecule has 0 saturated heterocycles. The molecule has 0 aliphatic heterocycles.